The van der Waals surface area contributed by atoms with Crippen LogP contribution in [0.15, 0.2) is 24.3 Å². The number of rotatable bonds is 4. The number of hydrogen-bond donors (Lipinski definition) is 1. The smallest absolute Gasteiger partial charge is 0.251 e. The van der Waals surface area contributed by atoms with E-state index in [-0.39, 0.29) is 24.5 Å². The molecule has 2 rings (SSSR count). The normalized spacial score (nSPS) is 15.8. The summed E-state index contributed by atoms with van der Waals surface area (Å²) in [7, 11) is 1.49. The van der Waals surface area contributed by atoms with Crippen molar-refractivity contribution in [2.75, 3.05) is 26.8 Å². The van der Waals surface area contributed by atoms with Crippen molar-refractivity contribution in [2.24, 2.45) is 0 Å². The van der Waals surface area contributed by atoms with Crippen molar-refractivity contribution in [1.29, 1.82) is 0 Å². The molecule has 0 saturated carbocycles. The summed E-state index contributed by atoms with van der Waals surface area (Å²) in [6.07, 6.45) is 1.38. The fourth-order valence-corrected chi connectivity index (χ4v) is 2.39. The zero-order chi connectivity index (χ0) is 15.2. The van der Waals surface area contributed by atoms with Crippen LogP contribution in [0.1, 0.15) is 23.2 Å². The molecule has 0 spiro atoms. The average Bonchev–Trinajstić information content (AvgIpc) is 2.48. The first-order valence-corrected chi connectivity index (χ1v) is 6.93. The van der Waals surface area contributed by atoms with Crippen LogP contribution in [0.5, 0.6) is 0 Å². The summed E-state index contributed by atoms with van der Waals surface area (Å²) >= 11 is 0. The van der Waals surface area contributed by atoms with Crippen LogP contribution < -0.4 is 5.32 Å². The molecule has 114 valence electrons. The number of methoxy groups -OCH3 is 1. The fourth-order valence-electron chi connectivity index (χ4n) is 2.39. The largest absolute Gasteiger partial charge is 0.375 e. The third kappa shape index (κ3) is 4.26. The molecule has 1 fully saturated rings. The quantitative estimate of drug-likeness (QED) is 0.907. The summed E-state index contributed by atoms with van der Waals surface area (Å²) in [4.78, 5) is 25.4. The Morgan fingerprint density at radius 1 is 1.38 bits per heavy atom. The molecule has 1 aliphatic rings. The molecule has 21 heavy (non-hydrogen) atoms. The SMILES string of the molecule is COCC(=O)N1CCC(NC(=O)c2cccc(F)c2)CC1. The third-order valence-electron chi connectivity index (χ3n) is 3.54. The molecule has 1 saturated heterocycles. The first-order chi connectivity index (χ1) is 10.1. The number of carbonyl (C=O) groups is 2. The average molecular weight is 294 g/mol. The summed E-state index contributed by atoms with van der Waals surface area (Å²) < 4.78 is 17.9. The zero-order valence-electron chi connectivity index (χ0n) is 12.0. The maximum Gasteiger partial charge on any atom is 0.251 e. The number of benzene rings is 1. The minimum Gasteiger partial charge on any atom is -0.375 e. The van der Waals surface area contributed by atoms with Crippen molar-refractivity contribution < 1.29 is 18.7 Å². The van der Waals surface area contributed by atoms with Crippen LogP contribution >= 0.6 is 0 Å². The van der Waals surface area contributed by atoms with Gasteiger partial charge in [0.2, 0.25) is 5.91 Å². The van der Waals surface area contributed by atoms with Crippen molar-refractivity contribution in [1.82, 2.24) is 10.2 Å². The lowest BCUT2D eigenvalue weighted by Crippen LogP contribution is -2.47. The lowest BCUT2D eigenvalue weighted by Gasteiger charge is -2.32. The van der Waals surface area contributed by atoms with Crippen molar-refractivity contribution in [2.45, 2.75) is 18.9 Å². The molecule has 0 aromatic heterocycles. The maximum absolute atomic E-state index is 13.1. The van der Waals surface area contributed by atoms with Gasteiger partial charge >= 0.3 is 0 Å². The molecule has 0 atom stereocenters. The van der Waals surface area contributed by atoms with Crippen molar-refractivity contribution in [3.8, 4) is 0 Å². The number of hydrogen-bond acceptors (Lipinski definition) is 3. The van der Waals surface area contributed by atoms with Gasteiger partial charge in [-0.2, -0.15) is 0 Å². The Morgan fingerprint density at radius 3 is 2.71 bits per heavy atom. The van der Waals surface area contributed by atoms with Crippen molar-refractivity contribution in [3.05, 3.63) is 35.6 Å². The molecular weight excluding hydrogens is 275 g/mol. The van der Waals surface area contributed by atoms with Gasteiger partial charge in [0.1, 0.15) is 12.4 Å². The number of ether oxygens (including phenoxy) is 1. The number of halogens is 1. The molecule has 0 unspecified atom stereocenters. The molecule has 1 N–H and O–H groups in total. The van der Waals surface area contributed by atoms with Crippen molar-refractivity contribution >= 4 is 11.8 Å². The zero-order valence-corrected chi connectivity index (χ0v) is 12.0. The Hall–Kier alpha value is -1.95. The number of piperidine rings is 1. The summed E-state index contributed by atoms with van der Waals surface area (Å²) in [5.74, 6) is -0.744. The standard InChI is InChI=1S/C15H19FN2O3/c1-21-10-14(19)18-7-5-13(6-8-18)17-15(20)11-3-2-4-12(16)9-11/h2-4,9,13H,5-8,10H2,1H3,(H,17,20). The van der Waals surface area contributed by atoms with Gasteiger partial charge in [-0.15, -0.1) is 0 Å². The minimum absolute atomic E-state index is 0.00682. The highest BCUT2D eigenvalue weighted by Gasteiger charge is 2.23. The van der Waals surface area contributed by atoms with Crippen LogP contribution in [0.4, 0.5) is 4.39 Å². The van der Waals surface area contributed by atoms with E-state index in [2.05, 4.69) is 5.32 Å². The topological polar surface area (TPSA) is 58.6 Å². The van der Waals surface area contributed by atoms with Crippen LogP contribution in [0.25, 0.3) is 0 Å². The Balaban J connectivity index is 1.83. The van der Waals surface area contributed by atoms with Crippen LogP contribution in [0.2, 0.25) is 0 Å². The third-order valence-corrected chi connectivity index (χ3v) is 3.54. The first-order valence-electron chi connectivity index (χ1n) is 6.93. The fraction of sp³-hybridized carbons (Fsp3) is 0.467. The highest BCUT2D eigenvalue weighted by Crippen LogP contribution is 2.12. The molecule has 0 bridgehead atoms. The van der Waals surface area contributed by atoms with Gasteiger partial charge in [-0.1, -0.05) is 6.07 Å². The molecule has 6 heteroatoms. The van der Waals surface area contributed by atoms with E-state index in [0.29, 0.717) is 31.5 Å². The second kappa shape index (κ2) is 7.17. The number of amides is 2. The lowest BCUT2D eigenvalue weighted by atomic mass is 10.0. The Labute approximate surface area is 123 Å². The number of nitrogens with one attached hydrogen (secondary N) is 1. The van der Waals surface area contributed by atoms with E-state index >= 15 is 0 Å². The van der Waals surface area contributed by atoms with E-state index in [1.807, 2.05) is 0 Å². The van der Waals surface area contributed by atoms with E-state index in [1.54, 1.807) is 11.0 Å². The molecule has 0 radical (unpaired) electrons. The van der Waals surface area contributed by atoms with Crippen LogP contribution in [-0.2, 0) is 9.53 Å². The minimum atomic E-state index is -0.428. The highest BCUT2D eigenvalue weighted by atomic mass is 19.1. The molecule has 1 heterocycles. The van der Waals surface area contributed by atoms with E-state index < -0.39 is 5.82 Å². The highest BCUT2D eigenvalue weighted by molar-refractivity contribution is 5.94. The molecule has 1 aliphatic heterocycles. The predicted octanol–water partition coefficient (Wildman–Crippen LogP) is 1.19. The first kappa shape index (κ1) is 15.4. The van der Waals surface area contributed by atoms with Gasteiger partial charge in [-0.3, -0.25) is 9.59 Å². The van der Waals surface area contributed by atoms with Gasteiger partial charge in [-0.25, -0.2) is 4.39 Å². The van der Waals surface area contributed by atoms with E-state index in [4.69, 9.17) is 4.74 Å². The van der Waals surface area contributed by atoms with Crippen LogP contribution in [0, 0.1) is 5.82 Å². The van der Waals surface area contributed by atoms with Crippen LogP contribution in [0.3, 0.4) is 0 Å². The second-order valence-electron chi connectivity index (χ2n) is 5.07. The number of carbonyl (C=O) groups excluding carboxylic acids is 2. The summed E-state index contributed by atoms with van der Waals surface area (Å²) in [5, 5.41) is 2.88. The summed E-state index contributed by atoms with van der Waals surface area (Å²) in [5.41, 5.74) is 0.313. The van der Waals surface area contributed by atoms with Crippen molar-refractivity contribution in [3.63, 3.8) is 0 Å². The van der Waals surface area contributed by atoms with Gasteiger partial charge < -0.3 is 15.0 Å². The maximum atomic E-state index is 13.1. The van der Waals surface area contributed by atoms with E-state index in [0.717, 1.165) is 0 Å². The second-order valence-corrected chi connectivity index (χ2v) is 5.07. The van der Waals surface area contributed by atoms with Gasteiger partial charge in [-0.05, 0) is 31.0 Å². The number of nitrogens with zero attached hydrogens (tertiary/aromatic N) is 1. The Morgan fingerprint density at radius 2 is 2.10 bits per heavy atom. The summed E-state index contributed by atoms with van der Waals surface area (Å²) in [6.45, 7) is 1.27. The van der Waals surface area contributed by atoms with E-state index in [1.165, 1.54) is 25.3 Å². The summed E-state index contributed by atoms with van der Waals surface area (Å²) in [6, 6.07) is 5.61. The number of likely N-dealkylation sites (tertiary alicyclic amines) is 1. The Bertz CT molecular complexity index is 513. The molecule has 2 amide bonds. The molecular formula is C15H19FN2O3. The predicted molar refractivity (Wildman–Crippen MR) is 75.3 cm³/mol. The van der Waals surface area contributed by atoms with Gasteiger partial charge in [0.05, 0.1) is 0 Å². The van der Waals surface area contributed by atoms with E-state index in [9.17, 15) is 14.0 Å². The van der Waals surface area contributed by atoms with Crippen LogP contribution in [-0.4, -0.2) is 49.6 Å². The molecule has 1 aromatic rings. The van der Waals surface area contributed by atoms with Gasteiger partial charge in [0.15, 0.2) is 0 Å². The van der Waals surface area contributed by atoms with Gasteiger partial charge in [0, 0.05) is 31.8 Å². The molecule has 1 aromatic carbocycles. The lowest BCUT2D eigenvalue weighted by molar-refractivity contribution is -0.136. The molecule has 5 nitrogen and oxygen atoms in total. The van der Waals surface area contributed by atoms with Gasteiger partial charge in [0.25, 0.3) is 5.91 Å². The Kier molecular flexibility index (Phi) is 5.27. The monoisotopic (exact) mass is 294 g/mol. The molecule has 0 aliphatic carbocycles.